The quantitative estimate of drug-likeness (QED) is 0.460. The van der Waals surface area contributed by atoms with Crippen LogP contribution in [0.2, 0.25) is 0 Å². The molecule has 0 amide bonds. The second kappa shape index (κ2) is 6.99. The molecule has 0 N–H and O–H groups in total. The van der Waals surface area contributed by atoms with Gasteiger partial charge in [-0.2, -0.15) is 0 Å². The summed E-state index contributed by atoms with van der Waals surface area (Å²) in [6.07, 6.45) is 2.99. The van der Waals surface area contributed by atoms with Crippen LogP contribution < -0.4 is 14.6 Å². The third-order valence-corrected chi connectivity index (χ3v) is 4.42. The lowest BCUT2D eigenvalue weighted by molar-refractivity contribution is -0.136. The number of carbonyl (C=O) groups excluding carboxylic acids is 1. The molecule has 0 spiro atoms. The Morgan fingerprint density at radius 3 is 2.46 bits per heavy atom. The van der Waals surface area contributed by atoms with Crippen molar-refractivity contribution in [1.29, 1.82) is 0 Å². The average molecular weight is 358 g/mol. The molecule has 26 heavy (non-hydrogen) atoms. The fourth-order valence-electron chi connectivity index (χ4n) is 2.97. The van der Waals surface area contributed by atoms with E-state index < -0.39 is 5.97 Å². The number of anilines is 1. The molecule has 2 aromatic rings. The molecule has 0 bridgehead atoms. The molecule has 1 unspecified atom stereocenters. The Bertz CT molecular complexity index is 828. The third-order valence-electron chi connectivity index (χ3n) is 4.42. The van der Waals surface area contributed by atoms with E-state index in [1.807, 2.05) is 47.8 Å². The molecule has 8 heteroatoms. The van der Waals surface area contributed by atoms with Crippen LogP contribution in [0.15, 0.2) is 42.4 Å². The van der Waals surface area contributed by atoms with Crippen molar-refractivity contribution in [3.8, 4) is 17.0 Å². The lowest BCUT2D eigenvalue weighted by Gasteiger charge is -2.28. The van der Waals surface area contributed by atoms with Gasteiger partial charge in [-0.3, -0.25) is 0 Å². The summed E-state index contributed by atoms with van der Waals surface area (Å²) in [5, 5.41) is 1.80. The van der Waals surface area contributed by atoms with Gasteiger partial charge in [0.25, 0.3) is 0 Å². The molecule has 0 fully saturated rings. The number of imidazole rings is 1. The highest BCUT2D eigenvalue weighted by Crippen LogP contribution is 2.34. The minimum atomic E-state index is -0.491. The van der Waals surface area contributed by atoms with Gasteiger partial charge < -0.3 is 19.1 Å². The molecule has 2 heterocycles. The number of rotatable bonds is 5. The van der Waals surface area contributed by atoms with E-state index in [1.165, 1.54) is 20.5 Å². The number of methoxy groups -OCH3 is 3. The second-order valence-electron chi connectivity index (χ2n) is 5.80. The summed E-state index contributed by atoms with van der Waals surface area (Å²) in [4.78, 5) is 18.8. The van der Waals surface area contributed by atoms with Crippen LogP contribution in [0.25, 0.3) is 11.3 Å². The maximum absolute atomic E-state index is 12.3. The first kappa shape index (κ1) is 17.7. The predicted molar refractivity (Wildman–Crippen MR) is 97.4 cm³/mol. The van der Waals surface area contributed by atoms with E-state index in [-0.39, 0.29) is 11.9 Å². The minimum absolute atomic E-state index is 0.156. The van der Waals surface area contributed by atoms with Crippen LogP contribution in [-0.2, 0) is 14.3 Å². The highest BCUT2D eigenvalue weighted by atomic mass is 16.5. The van der Waals surface area contributed by atoms with Crippen molar-refractivity contribution in [2.24, 2.45) is 0 Å². The number of hydrogen-bond acceptors (Lipinski definition) is 7. The molecular weight excluding hydrogens is 336 g/mol. The number of fused-ring (bicyclic) bond motifs is 1. The fraction of sp³-hybridized carbons (Fsp3) is 0.333. The van der Waals surface area contributed by atoms with Gasteiger partial charge in [0.15, 0.2) is 5.70 Å². The molecule has 1 aliphatic heterocycles. The smallest absolute Gasteiger partial charge is 0.359 e. The average Bonchev–Trinajstić information content (AvgIpc) is 3.19. The van der Waals surface area contributed by atoms with Crippen LogP contribution >= 0.6 is 0 Å². The Kier molecular flexibility index (Phi) is 4.75. The number of nitrogens with zero attached hydrogens (tertiary/aromatic N) is 4. The van der Waals surface area contributed by atoms with E-state index in [9.17, 15) is 4.79 Å². The molecule has 1 aliphatic rings. The zero-order valence-electron chi connectivity index (χ0n) is 15.5. The van der Waals surface area contributed by atoms with Crippen LogP contribution in [-0.4, -0.2) is 50.2 Å². The van der Waals surface area contributed by atoms with Crippen molar-refractivity contribution in [2.45, 2.75) is 13.1 Å². The Morgan fingerprint density at radius 1 is 1.19 bits per heavy atom. The molecule has 0 aliphatic carbocycles. The maximum Gasteiger partial charge on any atom is 0.359 e. The largest absolute Gasteiger partial charge is 0.502 e. The summed E-state index contributed by atoms with van der Waals surface area (Å²) in [6, 6.07) is 7.66. The second-order valence-corrected chi connectivity index (χ2v) is 5.80. The van der Waals surface area contributed by atoms with Crippen LogP contribution in [0.3, 0.4) is 0 Å². The van der Waals surface area contributed by atoms with Gasteiger partial charge in [0.05, 0.1) is 33.2 Å². The topological polar surface area (TPSA) is 69.1 Å². The molecule has 1 atom stereocenters. The van der Waals surface area contributed by atoms with Crippen molar-refractivity contribution in [3.63, 3.8) is 0 Å². The van der Waals surface area contributed by atoms with E-state index in [1.54, 1.807) is 18.3 Å². The van der Waals surface area contributed by atoms with Gasteiger partial charge >= 0.3 is 5.97 Å². The minimum Gasteiger partial charge on any atom is -0.502 e. The number of benzene rings is 1. The van der Waals surface area contributed by atoms with E-state index >= 15 is 0 Å². The van der Waals surface area contributed by atoms with E-state index in [0.29, 0.717) is 5.95 Å². The van der Waals surface area contributed by atoms with Crippen molar-refractivity contribution in [2.75, 3.05) is 38.3 Å². The standard InChI is InChI=1S/C18H22N4O4/c1-12-20(2)18-19-10-15(13-6-8-14(25-4)9-7-13)22(18)21(12)16(11-24-3)17(23)26-5/h6-12H,1-5H3. The Labute approximate surface area is 152 Å². The van der Waals surface area contributed by atoms with Crippen LogP contribution in [0, 0.1) is 0 Å². The monoisotopic (exact) mass is 358 g/mol. The van der Waals surface area contributed by atoms with Crippen molar-refractivity contribution in [1.82, 2.24) is 9.66 Å². The number of esters is 1. The fourth-order valence-corrected chi connectivity index (χ4v) is 2.97. The first-order valence-corrected chi connectivity index (χ1v) is 8.09. The van der Waals surface area contributed by atoms with Crippen LogP contribution in [0.1, 0.15) is 6.92 Å². The molecule has 0 saturated carbocycles. The van der Waals surface area contributed by atoms with Gasteiger partial charge in [-0.25, -0.2) is 19.5 Å². The summed E-state index contributed by atoms with van der Waals surface area (Å²) >= 11 is 0. The molecule has 8 nitrogen and oxygen atoms in total. The van der Waals surface area contributed by atoms with Gasteiger partial charge in [0, 0.05) is 12.6 Å². The van der Waals surface area contributed by atoms with Crippen LogP contribution in [0.5, 0.6) is 5.75 Å². The van der Waals surface area contributed by atoms with E-state index in [2.05, 4.69) is 4.98 Å². The number of aromatic nitrogens is 2. The predicted octanol–water partition coefficient (Wildman–Crippen LogP) is 1.95. The SMILES string of the molecule is COC=C(C(=O)OC)N1C(C)N(C)c2ncc(-c3ccc(OC)cc3)n21. The molecule has 1 aromatic heterocycles. The lowest BCUT2D eigenvalue weighted by atomic mass is 10.1. The Morgan fingerprint density at radius 2 is 1.88 bits per heavy atom. The van der Waals surface area contributed by atoms with Gasteiger partial charge in [0.1, 0.15) is 18.2 Å². The van der Waals surface area contributed by atoms with Crippen molar-refractivity contribution in [3.05, 3.63) is 42.4 Å². The van der Waals surface area contributed by atoms with Crippen molar-refractivity contribution < 1.29 is 19.0 Å². The number of hydrogen-bond donors (Lipinski definition) is 0. The highest BCUT2D eigenvalue weighted by Gasteiger charge is 2.38. The normalized spacial score (nSPS) is 16.5. The van der Waals surface area contributed by atoms with E-state index in [4.69, 9.17) is 14.2 Å². The molecule has 3 rings (SSSR count). The number of carbonyl (C=O) groups is 1. The first-order chi connectivity index (χ1) is 12.5. The summed E-state index contributed by atoms with van der Waals surface area (Å²) < 4.78 is 17.2. The van der Waals surface area contributed by atoms with E-state index in [0.717, 1.165) is 17.0 Å². The summed E-state index contributed by atoms with van der Waals surface area (Å²) in [5.41, 5.74) is 2.06. The molecule has 0 radical (unpaired) electrons. The zero-order chi connectivity index (χ0) is 18.8. The zero-order valence-corrected chi connectivity index (χ0v) is 15.5. The van der Waals surface area contributed by atoms with Gasteiger partial charge in [0.2, 0.25) is 5.95 Å². The highest BCUT2D eigenvalue weighted by molar-refractivity contribution is 5.91. The molecule has 1 aromatic carbocycles. The first-order valence-electron chi connectivity index (χ1n) is 8.09. The summed E-state index contributed by atoms with van der Waals surface area (Å²) in [5.74, 6) is 0.996. The third kappa shape index (κ3) is 2.73. The molecule has 138 valence electrons. The van der Waals surface area contributed by atoms with Crippen molar-refractivity contribution >= 4 is 11.9 Å². The summed E-state index contributed by atoms with van der Waals surface area (Å²) in [6.45, 7) is 1.97. The van der Waals surface area contributed by atoms with Crippen LogP contribution in [0.4, 0.5) is 5.95 Å². The molecular formula is C18H22N4O4. The Balaban J connectivity index is 2.13. The Hall–Kier alpha value is -3.16. The van der Waals surface area contributed by atoms with Gasteiger partial charge in [-0.15, -0.1) is 0 Å². The molecule has 0 saturated heterocycles. The summed E-state index contributed by atoms with van der Waals surface area (Å²) in [7, 11) is 6.38. The maximum atomic E-state index is 12.3. The lowest BCUT2D eigenvalue weighted by Crippen LogP contribution is -2.44. The van der Waals surface area contributed by atoms with Gasteiger partial charge in [-0.1, -0.05) is 0 Å². The number of ether oxygens (including phenoxy) is 3. The van der Waals surface area contributed by atoms with Gasteiger partial charge in [-0.05, 0) is 31.2 Å².